The summed E-state index contributed by atoms with van der Waals surface area (Å²) in [4.78, 5) is 24.4. The van der Waals surface area contributed by atoms with E-state index in [0.29, 0.717) is 11.5 Å². The zero-order valence-electron chi connectivity index (χ0n) is 13.5. The van der Waals surface area contributed by atoms with Gasteiger partial charge >= 0.3 is 5.97 Å². The summed E-state index contributed by atoms with van der Waals surface area (Å²) in [7, 11) is 3.09. The van der Waals surface area contributed by atoms with E-state index in [1.165, 1.54) is 18.4 Å². The number of esters is 1. The summed E-state index contributed by atoms with van der Waals surface area (Å²) in [6.45, 7) is -0.0574. The maximum atomic E-state index is 11.8. The summed E-state index contributed by atoms with van der Waals surface area (Å²) in [5.74, 6) is 0.354. The average molecular weight is 349 g/mol. The van der Waals surface area contributed by atoms with Gasteiger partial charge in [0.15, 0.2) is 18.1 Å². The SMILES string of the molecule is COc1cccc(CNC(=O)COC(=O)Cc2cccs2)c1OC. The van der Waals surface area contributed by atoms with Gasteiger partial charge in [0.25, 0.3) is 5.91 Å². The molecule has 1 aromatic heterocycles. The fourth-order valence-corrected chi connectivity index (χ4v) is 2.78. The zero-order chi connectivity index (χ0) is 17.4. The molecule has 2 aromatic rings. The number of methoxy groups -OCH3 is 2. The van der Waals surface area contributed by atoms with Crippen molar-refractivity contribution in [3.8, 4) is 11.5 Å². The van der Waals surface area contributed by atoms with Gasteiger partial charge in [0.1, 0.15) is 0 Å². The second-order valence-electron chi connectivity index (χ2n) is 4.85. The van der Waals surface area contributed by atoms with Gasteiger partial charge in [-0.2, -0.15) is 0 Å². The molecule has 1 aromatic carbocycles. The summed E-state index contributed by atoms with van der Waals surface area (Å²) in [5, 5.41) is 4.58. The molecule has 0 unspecified atom stereocenters. The Labute approximate surface area is 144 Å². The maximum absolute atomic E-state index is 11.8. The number of para-hydroxylation sites is 1. The third-order valence-electron chi connectivity index (χ3n) is 3.22. The van der Waals surface area contributed by atoms with E-state index in [-0.39, 0.29) is 25.5 Å². The van der Waals surface area contributed by atoms with Gasteiger partial charge in [0, 0.05) is 17.0 Å². The van der Waals surface area contributed by atoms with E-state index in [1.54, 1.807) is 13.2 Å². The van der Waals surface area contributed by atoms with Gasteiger partial charge in [-0.3, -0.25) is 9.59 Å². The second-order valence-corrected chi connectivity index (χ2v) is 5.88. The summed E-state index contributed by atoms with van der Waals surface area (Å²) in [6, 6.07) is 9.12. The molecule has 1 N–H and O–H groups in total. The normalized spacial score (nSPS) is 10.1. The van der Waals surface area contributed by atoms with Crippen LogP contribution in [0.5, 0.6) is 11.5 Å². The predicted octanol–water partition coefficient (Wildman–Crippen LogP) is 2.17. The molecule has 0 aliphatic rings. The van der Waals surface area contributed by atoms with Gasteiger partial charge in [-0.05, 0) is 17.5 Å². The molecular formula is C17H19NO5S. The zero-order valence-corrected chi connectivity index (χ0v) is 14.4. The molecule has 1 amide bonds. The Kier molecular flexibility index (Phi) is 6.62. The third kappa shape index (κ3) is 4.99. The van der Waals surface area contributed by atoms with Crippen LogP contribution in [0.15, 0.2) is 35.7 Å². The summed E-state index contributed by atoms with van der Waals surface area (Å²) < 4.78 is 15.5. The van der Waals surface area contributed by atoms with Crippen LogP contribution >= 0.6 is 11.3 Å². The van der Waals surface area contributed by atoms with Crippen molar-refractivity contribution in [3.05, 3.63) is 46.2 Å². The molecule has 0 bridgehead atoms. The number of carbonyl (C=O) groups excluding carboxylic acids is 2. The molecular weight excluding hydrogens is 330 g/mol. The number of nitrogens with one attached hydrogen (secondary N) is 1. The average Bonchev–Trinajstić information content (AvgIpc) is 3.10. The number of benzene rings is 1. The highest BCUT2D eigenvalue weighted by Gasteiger charge is 2.12. The maximum Gasteiger partial charge on any atom is 0.311 e. The van der Waals surface area contributed by atoms with Crippen molar-refractivity contribution in [1.82, 2.24) is 5.32 Å². The van der Waals surface area contributed by atoms with Crippen molar-refractivity contribution in [3.63, 3.8) is 0 Å². The Bertz CT molecular complexity index is 684. The monoisotopic (exact) mass is 349 g/mol. The van der Waals surface area contributed by atoms with Gasteiger partial charge < -0.3 is 19.5 Å². The molecule has 128 valence electrons. The van der Waals surface area contributed by atoms with E-state index in [0.717, 1.165) is 10.4 Å². The first-order valence-electron chi connectivity index (χ1n) is 7.28. The number of amides is 1. The van der Waals surface area contributed by atoms with Crippen molar-refractivity contribution in [2.24, 2.45) is 0 Å². The van der Waals surface area contributed by atoms with Crippen molar-refractivity contribution in [2.75, 3.05) is 20.8 Å². The smallest absolute Gasteiger partial charge is 0.311 e. The molecule has 0 fully saturated rings. The summed E-state index contributed by atoms with van der Waals surface area (Å²) in [5.41, 5.74) is 0.773. The van der Waals surface area contributed by atoms with Crippen LogP contribution in [0.2, 0.25) is 0 Å². The van der Waals surface area contributed by atoms with E-state index >= 15 is 0 Å². The lowest BCUT2D eigenvalue weighted by Gasteiger charge is -2.13. The van der Waals surface area contributed by atoms with E-state index in [1.807, 2.05) is 29.6 Å². The lowest BCUT2D eigenvalue weighted by molar-refractivity contribution is -0.147. The molecule has 0 aliphatic carbocycles. The van der Waals surface area contributed by atoms with Crippen LogP contribution in [0.25, 0.3) is 0 Å². The molecule has 24 heavy (non-hydrogen) atoms. The Hall–Kier alpha value is -2.54. The number of thiophene rings is 1. The first-order valence-corrected chi connectivity index (χ1v) is 8.16. The van der Waals surface area contributed by atoms with Crippen LogP contribution in [0.1, 0.15) is 10.4 Å². The van der Waals surface area contributed by atoms with Crippen LogP contribution < -0.4 is 14.8 Å². The minimum absolute atomic E-state index is 0.175. The highest BCUT2D eigenvalue weighted by Crippen LogP contribution is 2.30. The largest absolute Gasteiger partial charge is 0.493 e. The van der Waals surface area contributed by atoms with E-state index in [9.17, 15) is 9.59 Å². The van der Waals surface area contributed by atoms with Gasteiger partial charge in [0.2, 0.25) is 0 Å². The minimum Gasteiger partial charge on any atom is -0.493 e. The Morgan fingerprint density at radius 3 is 2.62 bits per heavy atom. The van der Waals surface area contributed by atoms with Gasteiger partial charge in [-0.25, -0.2) is 0 Å². The highest BCUT2D eigenvalue weighted by molar-refractivity contribution is 7.10. The van der Waals surface area contributed by atoms with E-state index < -0.39 is 5.97 Å². The van der Waals surface area contributed by atoms with Crippen molar-refractivity contribution in [1.29, 1.82) is 0 Å². The molecule has 0 saturated heterocycles. The van der Waals surface area contributed by atoms with Crippen LogP contribution in [-0.4, -0.2) is 32.7 Å². The summed E-state index contributed by atoms with van der Waals surface area (Å²) >= 11 is 1.47. The van der Waals surface area contributed by atoms with Gasteiger partial charge in [-0.15, -0.1) is 11.3 Å². The van der Waals surface area contributed by atoms with Crippen molar-refractivity contribution in [2.45, 2.75) is 13.0 Å². The molecule has 0 atom stereocenters. The quantitative estimate of drug-likeness (QED) is 0.740. The van der Waals surface area contributed by atoms with Crippen LogP contribution in [0.4, 0.5) is 0 Å². The first kappa shape index (κ1) is 17.8. The predicted molar refractivity (Wildman–Crippen MR) is 90.4 cm³/mol. The lowest BCUT2D eigenvalue weighted by Crippen LogP contribution is -2.28. The van der Waals surface area contributed by atoms with Crippen LogP contribution in [0, 0.1) is 0 Å². The van der Waals surface area contributed by atoms with Crippen LogP contribution in [0.3, 0.4) is 0 Å². The molecule has 2 rings (SSSR count). The minimum atomic E-state index is -0.424. The Balaban J connectivity index is 1.80. The molecule has 0 spiro atoms. The number of rotatable bonds is 8. The van der Waals surface area contributed by atoms with Crippen molar-refractivity contribution < 1.29 is 23.8 Å². The first-order chi connectivity index (χ1) is 11.6. The topological polar surface area (TPSA) is 73.9 Å². The Morgan fingerprint density at radius 2 is 1.96 bits per heavy atom. The van der Waals surface area contributed by atoms with E-state index in [2.05, 4.69) is 5.32 Å². The third-order valence-corrected chi connectivity index (χ3v) is 4.10. The fourth-order valence-electron chi connectivity index (χ4n) is 2.09. The Morgan fingerprint density at radius 1 is 1.12 bits per heavy atom. The molecule has 0 saturated carbocycles. The molecule has 6 nitrogen and oxygen atoms in total. The summed E-state index contributed by atoms with van der Waals surface area (Å²) in [6.07, 6.45) is 0.175. The molecule has 0 radical (unpaired) electrons. The van der Waals surface area contributed by atoms with Crippen LogP contribution in [-0.2, 0) is 27.3 Å². The molecule has 0 aliphatic heterocycles. The van der Waals surface area contributed by atoms with Crippen molar-refractivity contribution >= 4 is 23.2 Å². The standard InChI is InChI=1S/C17H19NO5S/c1-21-14-7-3-5-12(17(14)22-2)10-18-15(19)11-23-16(20)9-13-6-4-8-24-13/h3-8H,9-11H2,1-2H3,(H,18,19). The number of hydrogen-bond acceptors (Lipinski definition) is 6. The van der Waals surface area contributed by atoms with Gasteiger partial charge in [-0.1, -0.05) is 18.2 Å². The second kappa shape index (κ2) is 8.93. The molecule has 1 heterocycles. The molecule has 7 heteroatoms. The highest BCUT2D eigenvalue weighted by atomic mass is 32.1. The number of ether oxygens (including phenoxy) is 3. The van der Waals surface area contributed by atoms with E-state index in [4.69, 9.17) is 14.2 Å². The fraction of sp³-hybridized carbons (Fsp3) is 0.294. The van der Waals surface area contributed by atoms with Gasteiger partial charge in [0.05, 0.1) is 20.6 Å². The lowest BCUT2D eigenvalue weighted by atomic mass is 10.2. The number of hydrogen-bond donors (Lipinski definition) is 1. The number of carbonyl (C=O) groups is 2.